The molecule has 2 heterocycles. The molecule has 1 fully saturated rings. The summed E-state index contributed by atoms with van der Waals surface area (Å²) in [5, 5.41) is 8.91. The van der Waals surface area contributed by atoms with E-state index in [1.165, 1.54) is 12.1 Å². The van der Waals surface area contributed by atoms with Crippen LogP contribution in [0, 0.1) is 11.2 Å². The number of ether oxygens (including phenoxy) is 2. The van der Waals surface area contributed by atoms with Crippen molar-refractivity contribution < 1.29 is 28.7 Å². The number of hydrogen-bond donors (Lipinski definition) is 2. The fourth-order valence-corrected chi connectivity index (χ4v) is 4.13. The summed E-state index contributed by atoms with van der Waals surface area (Å²) in [5.74, 6) is -0.525. The first-order chi connectivity index (χ1) is 14.9. The number of carbonyl (C=O) groups excluding carboxylic acids is 2. The highest BCUT2D eigenvalue weighted by Crippen LogP contribution is 2.39. The van der Waals surface area contributed by atoms with Crippen molar-refractivity contribution >= 4 is 11.8 Å². The Kier molecular flexibility index (Phi) is 5.93. The van der Waals surface area contributed by atoms with Crippen molar-refractivity contribution in [1.82, 2.24) is 10.4 Å². The van der Waals surface area contributed by atoms with Gasteiger partial charge in [0.15, 0.2) is 0 Å². The Labute approximate surface area is 179 Å². The zero-order chi connectivity index (χ0) is 22.0. The Hall–Kier alpha value is -2.97. The SMILES string of the molecule is CC1(C(=O)N2Cc3ccc(C(=O)NO)cc3OCC2c2ccc(F)cc2)CCOCC1. The standard InChI is InChI=1S/C23H25FN2O5/c1-23(8-10-30-11-9-23)22(28)26-13-17-3-2-16(21(27)25-29)12-20(17)31-14-19(26)15-4-6-18(24)7-5-15/h2-7,12,19,29H,8-11,13-14H2,1H3,(H,25,27). The number of halogens is 1. The largest absolute Gasteiger partial charge is 0.491 e. The van der Waals surface area contributed by atoms with Gasteiger partial charge >= 0.3 is 0 Å². The summed E-state index contributed by atoms with van der Waals surface area (Å²) in [4.78, 5) is 27.3. The maximum Gasteiger partial charge on any atom is 0.274 e. The van der Waals surface area contributed by atoms with Gasteiger partial charge in [0.25, 0.3) is 5.91 Å². The number of nitrogens with one attached hydrogen (secondary N) is 1. The summed E-state index contributed by atoms with van der Waals surface area (Å²) in [6.45, 7) is 3.46. The van der Waals surface area contributed by atoms with Gasteiger partial charge in [-0.15, -0.1) is 0 Å². The second kappa shape index (κ2) is 8.64. The predicted molar refractivity (Wildman–Crippen MR) is 109 cm³/mol. The van der Waals surface area contributed by atoms with Gasteiger partial charge in [0.05, 0.1) is 18.0 Å². The maximum atomic E-state index is 13.8. The smallest absolute Gasteiger partial charge is 0.274 e. The van der Waals surface area contributed by atoms with Crippen molar-refractivity contribution in [1.29, 1.82) is 0 Å². The van der Waals surface area contributed by atoms with E-state index in [9.17, 15) is 14.0 Å². The number of benzene rings is 2. The first-order valence-corrected chi connectivity index (χ1v) is 10.3. The molecule has 0 aliphatic carbocycles. The molecule has 0 radical (unpaired) electrons. The third-order valence-electron chi connectivity index (χ3n) is 6.17. The van der Waals surface area contributed by atoms with Gasteiger partial charge in [0, 0.05) is 24.3 Å². The van der Waals surface area contributed by atoms with Gasteiger partial charge in [-0.3, -0.25) is 14.8 Å². The quantitative estimate of drug-likeness (QED) is 0.579. The fourth-order valence-electron chi connectivity index (χ4n) is 4.13. The number of nitrogens with zero attached hydrogens (tertiary/aromatic N) is 1. The van der Waals surface area contributed by atoms with E-state index >= 15 is 0 Å². The highest BCUT2D eigenvalue weighted by atomic mass is 19.1. The molecular weight excluding hydrogens is 403 g/mol. The molecule has 2 aromatic carbocycles. The normalized spacial score (nSPS) is 20.2. The Morgan fingerprint density at radius 2 is 1.87 bits per heavy atom. The van der Waals surface area contributed by atoms with Crippen LogP contribution in [-0.4, -0.2) is 41.7 Å². The van der Waals surface area contributed by atoms with E-state index in [1.54, 1.807) is 40.7 Å². The zero-order valence-corrected chi connectivity index (χ0v) is 17.3. The van der Waals surface area contributed by atoms with Crippen LogP contribution in [0.1, 0.15) is 47.3 Å². The summed E-state index contributed by atoms with van der Waals surface area (Å²) in [5.41, 5.74) is 2.82. The van der Waals surface area contributed by atoms with E-state index in [-0.39, 0.29) is 30.4 Å². The molecule has 2 N–H and O–H groups in total. The van der Waals surface area contributed by atoms with Crippen LogP contribution in [0.5, 0.6) is 5.75 Å². The highest BCUT2D eigenvalue weighted by molar-refractivity contribution is 5.94. The van der Waals surface area contributed by atoms with Crippen molar-refractivity contribution in [3.63, 3.8) is 0 Å². The lowest BCUT2D eigenvalue weighted by molar-refractivity contribution is -0.150. The van der Waals surface area contributed by atoms with E-state index in [0.717, 1.165) is 11.1 Å². The van der Waals surface area contributed by atoms with E-state index in [4.69, 9.17) is 14.7 Å². The molecule has 0 saturated carbocycles. The highest BCUT2D eigenvalue weighted by Gasteiger charge is 2.42. The lowest BCUT2D eigenvalue weighted by atomic mass is 9.80. The van der Waals surface area contributed by atoms with Crippen molar-refractivity contribution in [2.75, 3.05) is 19.8 Å². The predicted octanol–water partition coefficient (Wildman–Crippen LogP) is 3.22. The van der Waals surface area contributed by atoms with Crippen LogP contribution in [-0.2, 0) is 16.1 Å². The minimum absolute atomic E-state index is 0.00115. The van der Waals surface area contributed by atoms with Gasteiger partial charge in [-0.05, 0) is 42.7 Å². The summed E-state index contributed by atoms with van der Waals surface area (Å²) in [6.07, 6.45) is 1.25. The lowest BCUT2D eigenvalue weighted by Gasteiger charge is -2.39. The molecule has 0 bridgehead atoms. The minimum Gasteiger partial charge on any atom is -0.491 e. The first-order valence-electron chi connectivity index (χ1n) is 10.3. The molecule has 1 atom stereocenters. The Morgan fingerprint density at radius 1 is 1.16 bits per heavy atom. The Balaban J connectivity index is 1.72. The molecule has 1 saturated heterocycles. The second-order valence-electron chi connectivity index (χ2n) is 8.25. The third-order valence-corrected chi connectivity index (χ3v) is 6.17. The van der Waals surface area contributed by atoms with E-state index in [2.05, 4.69) is 0 Å². The molecule has 2 aromatic rings. The molecule has 7 nitrogen and oxygen atoms in total. The average molecular weight is 428 g/mol. The third kappa shape index (κ3) is 4.26. The number of hydroxylamine groups is 1. The molecule has 31 heavy (non-hydrogen) atoms. The van der Waals surface area contributed by atoms with Crippen LogP contribution in [0.2, 0.25) is 0 Å². The van der Waals surface area contributed by atoms with Crippen molar-refractivity contribution in [3.05, 3.63) is 65.0 Å². The zero-order valence-electron chi connectivity index (χ0n) is 17.3. The Bertz CT molecular complexity index is 972. The number of hydrogen-bond acceptors (Lipinski definition) is 5. The molecule has 0 spiro atoms. The van der Waals surface area contributed by atoms with Gasteiger partial charge < -0.3 is 14.4 Å². The van der Waals surface area contributed by atoms with Gasteiger partial charge in [0.2, 0.25) is 5.91 Å². The number of rotatable bonds is 3. The summed E-state index contributed by atoms with van der Waals surface area (Å²) in [7, 11) is 0. The van der Waals surface area contributed by atoms with Crippen molar-refractivity contribution in [2.45, 2.75) is 32.4 Å². The van der Waals surface area contributed by atoms with Crippen LogP contribution >= 0.6 is 0 Å². The molecule has 164 valence electrons. The number of amides is 2. The molecule has 2 amide bonds. The van der Waals surface area contributed by atoms with Crippen LogP contribution in [0.25, 0.3) is 0 Å². The summed E-state index contributed by atoms with van der Waals surface area (Å²) < 4.78 is 25.0. The second-order valence-corrected chi connectivity index (χ2v) is 8.25. The van der Waals surface area contributed by atoms with Crippen molar-refractivity contribution in [3.8, 4) is 5.75 Å². The molecule has 4 rings (SSSR count). The first kappa shape index (κ1) is 21.3. The van der Waals surface area contributed by atoms with E-state index in [1.807, 2.05) is 6.92 Å². The Morgan fingerprint density at radius 3 is 2.55 bits per heavy atom. The molecule has 2 aliphatic rings. The fraction of sp³-hybridized carbons (Fsp3) is 0.391. The monoisotopic (exact) mass is 428 g/mol. The number of fused-ring (bicyclic) bond motifs is 1. The lowest BCUT2D eigenvalue weighted by Crippen LogP contribution is -2.47. The molecule has 0 aromatic heterocycles. The van der Waals surface area contributed by atoms with Gasteiger partial charge in [0.1, 0.15) is 18.2 Å². The van der Waals surface area contributed by atoms with Crippen LogP contribution < -0.4 is 10.2 Å². The summed E-state index contributed by atoms with van der Waals surface area (Å²) >= 11 is 0. The van der Waals surface area contributed by atoms with Gasteiger partial charge in [-0.2, -0.15) is 0 Å². The van der Waals surface area contributed by atoms with Gasteiger partial charge in [-0.25, -0.2) is 9.87 Å². The van der Waals surface area contributed by atoms with Crippen molar-refractivity contribution in [2.24, 2.45) is 5.41 Å². The van der Waals surface area contributed by atoms with Crippen LogP contribution in [0.3, 0.4) is 0 Å². The maximum absolute atomic E-state index is 13.8. The molecule has 2 aliphatic heterocycles. The topological polar surface area (TPSA) is 88.1 Å². The summed E-state index contributed by atoms with van der Waals surface area (Å²) in [6, 6.07) is 10.5. The minimum atomic E-state index is -0.645. The van der Waals surface area contributed by atoms with E-state index < -0.39 is 17.4 Å². The average Bonchev–Trinajstić information content (AvgIpc) is 2.98. The van der Waals surface area contributed by atoms with Crippen LogP contribution in [0.4, 0.5) is 4.39 Å². The molecule has 1 unspecified atom stereocenters. The molecule has 8 heteroatoms. The number of carbonyl (C=O) groups is 2. The molecular formula is C23H25FN2O5. The van der Waals surface area contributed by atoms with Crippen LogP contribution in [0.15, 0.2) is 42.5 Å². The van der Waals surface area contributed by atoms with E-state index in [0.29, 0.717) is 31.8 Å². The van der Waals surface area contributed by atoms with Gasteiger partial charge in [-0.1, -0.05) is 25.1 Å².